The Kier molecular flexibility index (Phi) is 17.9. The van der Waals surface area contributed by atoms with Gasteiger partial charge in [0.1, 0.15) is 29.8 Å². The molecule has 0 radical (unpaired) electrons. The average molecular weight is 808 g/mol. The van der Waals surface area contributed by atoms with E-state index in [0.29, 0.717) is 24.2 Å². The number of nitrogens with one attached hydrogen (secondary N) is 7. The van der Waals surface area contributed by atoms with Gasteiger partial charge in [0.05, 0.1) is 12.7 Å². The van der Waals surface area contributed by atoms with Crippen LogP contribution in [0.3, 0.4) is 0 Å². The summed E-state index contributed by atoms with van der Waals surface area (Å²) in [7, 11) is 0. The van der Waals surface area contributed by atoms with Gasteiger partial charge in [-0.3, -0.25) is 24.0 Å². The fourth-order valence-corrected chi connectivity index (χ4v) is 6.13. The molecule has 6 amide bonds. The summed E-state index contributed by atoms with van der Waals surface area (Å²) in [5.41, 5.74) is 13.3. The van der Waals surface area contributed by atoms with Crippen LogP contribution in [-0.2, 0) is 48.0 Å². The normalized spacial score (nSPS) is 15.1. The second-order valence-electron chi connectivity index (χ2n) is 16.0. The van der Waals surface area contributed by atoms with Gasteiger partial charge in [-0.1, -0.05) is 64.4 Å². The van der Waals surface area contributed by atoms with Gasteiger partial charge < -0.3 is 52.8 Å². The molecule has 0 unspecified atom stereocenters. The highest BCUT2D eigenvalue weighted by Crippen LogP contribution is 2.15. The molecule has 0 aliphatic heterocycles. The molecule has 18 heteroatoms. The number of H-pyrrole nitrogens is 2. The number of aromatic amines is 2. The van der Waals surface area contributed by atoms with Gasteiger partial charge in [-0.05, 0) is 44.6 Å². The maximum atomic E-state index is 14.1. The number of primary amides is 1. The molecule has 0 aliphatic rings. The zero-order chi connectivity index (χ0) is 43.0. The van der Waals surface area contributed by atoms with Crippen molar-refractivity contribution < 1.29 is 33.5 Å². The molecule has 2 heterocycles. The van der Waals surface area contributed by atoms with E-state index in [1.807, 2.05) is 51.1 Å². The first-order chi connectivity index (χ1) is 27.3. The molecule has 3 rings (SSSR count). The minimum Gasteiger partial charge on any atom is -0.444 e. The van der Waals surface area contributed by atoms with Gasteiger partial charge in [0.2, 0.25) is 29.5 Å². The van der Waals surface area contributed by atoms with Crippen LogP contribution in [0.25, 0.3) is 0 Å². The van der Waals surface area contributed by atoms with E-state index in [1.54, 1.807) is 27.7 Å². The first kappa shape index (κ1) is 46.6. The molecular formula is C40H61N11O7. The lowest BCUT2D eigenvalue weighted by Gasteiger charge is -2.30. The van der Waals surface area contributed by atoms with Crippen LogP contribution in [0.4, 0.5) is 4.79 Å². The summed E-state index contributed by atoms with van der Waals surface area (Å²) in [5, 5.41) is 13.8. The van der Waals surface area contributed by atoms with Crippen molar-refractivity contribution in [1.82, 2.24) is 46.5 Å². The van der Waals surface area contributed by atoms with Gasteiger partial charge in [-0.15, -0.1) is 0 Å². The fraction of sp³-hybridized carbons (Fsp3) is 0.550. The van der Waals surface area contributed by atoms with Gasteiger partial charge in [-0.25, -0.2) is 14.8 Å². The predicted octanol–water partition coefficient (Wildman–Crippen LogP) is 1.29. The second kappa shape index (κ2) is 22.2. The van der Waals surface area contributed by atoms with Crippen LogP contribution in [0.5, 0.6) is 0 Å². The Morgan fingerprint density at radius 2 is 1.31 bits per heavy atom. The van der Waals surface area contributed by atoms with Crippen molar-refractivity contribution in [2.24, 2.45) is 23.3 Å². The number of hydrogen-bond acceptors (Lipinski definition) is 10. The number of nitrogens with zero attached hydrogens (tertiary/aromatic N) is 2. The van der Waals surface area contributed by atoms with Gasteiger partial charge in [0.15, 0.2) is 0 Å². The van der Waals surface area contributed by atoms with E-state index >= 15 is 0 Å². The molecule has 18 nitrogen and oxygen atoms in total. The summed E-state index contributed by atoms with van der Waals surface area (Å²) in [6, 6.07) is 3.13. The summed E-state index contributed by atoms with van der Waals surface area (Å²) in [6.07, 6.45) is 6.01. The molecular weight excluding hydrogens is 747 g/mol. The maximum Gasteiger partial charge on any atom is 0.408 e. The third-order valence-electron chi connectivity index (χ3n) is 9.34. The zero-order valence-corrected chi connectivity index (χ0v) is 34.5. The van der Waals surface area contributed by atoms with Crippen LogP contribution in [0, 0.1) is 11.8 Å². The Balaban J connectivity index is 1.78. The second-order valence-corrected chi connectivity index (χ2v) is 16.0. The quantitative estimate of drug-likeness (QED) is 0.0702. The largest absolute Gasteiger partial charge is 0.444 e. The lowest BCUT2D eigenvalue weighted by atomic mass is 9.94. The minimum atomic E-state index is -1.15. The topological polar surface area (TPSA) is 281 Å². The van der Waals surface area contributed by atoms with Crippen molar-refractivity contribution in [2.75, 3.05) is 0 Å². The van der Waals surface area contributed by atoms with E-state index in [0.717, 1.165) is 5.56 Å². The van der Waals surface area contributed by atoms with E-state index < -0.39 is 77.5 Å². The van der Waals surface area contributed by atoms with Crippen molar-refractivity contribution in [3.63, 3.8) is 0 Å². The molecule has 3 aromatic rings. The number of alkyl carbamates (subject to hydrolysis) is 1. The number of aromatic nitrogens is 4. The molecule has 0 spiro atoms. The summed E-state index contributed by atoms with van der Waals surface area (Å²) < 4.78 is 5.43. The van der Waals surface area contributed by atoms with Gasteiger partial charge in [0.25, 0.3) is 0 Å². The fourth-order valence-electron chi connectivity index (χ4n) is 6.13. The van der Waals surface area contributed by atoms with Crippen molar-refractivity contribution in [2.45, 2.75) is 129 Å². The Bertz CT molecular complexity index is 1760. The lowest BCUT2D eigenvalue weighted by Crippen LogP contribution is -2.59. The SMILES string of the molecule is CC[C@H](C)[C@H](NC(=O)C[C@@H](N)[C@H](CC(C)C)NC(=O)[C@H](Cc1cnc[nH]1)NC(=O)[C@H](Cc1ccccc1)NC(=O)OC(C)(C)C)C(=O)N[C@@H](Cc1cnc[nH]1)C(N)=O. The average Bonchev–Trinajstić information content (AvgIpc) is 3.86. The van der Waals surface area contributed by atoms with Gasteiger partial charge in [-0.2, -0.15) is 0 Å². The number of carbonyl (C=O) groups is 6. The van der Waals surface area contributed by atoms with Crippen LogP contribution < -0.4 is 38.1 Å². The number of imidazole rings is 2. The van der Waals surface area contributed by atoms with E-state index in [9.17, 15) is 28.8 Å². The van der Waals surface area contributed by atoms with Crippen molar-refractivity contribution in [3.05, 3.63) is 72.3 Å². The first-order valence-electron chi connectivity index (χ1n) is 19.6. The molecule has 1 aromatic carbocycles. The summed E-state index contributed by atoms with van der Waals surface area (Å²) in [4.78, 5) is 93.9. The minimum absolute atomic E-state index is 0.0184. The summed E-state index contributed by atoms with van der Waals surface area (Å²) in [6.45, 7) is 12.7. The molecule has 0 bridgehead atoms. The molecule has 7 atom stereocenters. The number of nitrogens with two attached hydrogens (primary N) is 2. The maximum absolute atomic E-state index is 14.1. The third kappa shape index (κ3) is 16.0. The first-order valence-corrected chi connectivity index (χ1v) is 19.6. The van der Waals surface area contributed by atoms with Crippen LogP contribution in [-0.4, -0.2) is 97.4 Å². The third-order valence-corrected chi connectivity index (χ3v) is 9.34. The standard InChI is InChI=1S/C40H61N11O7/c1-8-24(4)34(38(56)48-30(35(42)53)16-26-19-43-21-45-26)51-33(52)18-28(41)29(14-23(2)3)47-37(55)32(17-27-20-44-22-46-27)49-36(54)31(15-25-12-10-9-11-13-25)50-39(57)58-40(5,6)7/h9-13,19-24,28-32,34H,8,14-18,41H2,1-7H3,(H2,42,53)(H,43,45)(H,44,46)(H,47,55)(H,48,56)(H,49,54)(H,50,57)(H,51,52)/t24-,28+,29-,30-,31-,32-,34-/m0/s1. The zero-order valence-electron chi connectivity index (χ0n) is 34.5. The number of rotatable bonds is 22. The molecule has 0 aliphatic carbocycles. The van der Waals surface area contributed by atoms with E-state index in [-0.39, 0.29) is 37.5 Å². The number of carbonyl (C=O) groups excluding carboxylic acids is 6. The smallest absolute Gasteiger partial charge is 0.408 e. The predicted molar refractivity (Wildman–Crippen MR) is 216 cm³/mol. The molecule has 318 valence electrons. The lowest BCUT2D eigenvalue weighted by molar-refractivity contribution is -0.132. The number of ether oxygens (including phenoxy) is 1. The molecule has 0 fully saturated rings. The Labute approximate surface area is 339 Å². The molecule has 0 saturated heterocycles. The molecule has 11 N–H and O–H groups in total. The van der Waals surface area contributed by atoms with Gasteiger partial charge >= 0.3 is 6.09 Å². The van der Waals surface area contributed by atoms with Crippen molar-refractivity contribution >= 4 is 35.6 Å². The van der Waals surface area contributed by atoms with Crippen LogP contribution in [0.1, 0.15) is 84.7 Å². The van der Waals surface area contributed by atoms with E-state index in [4.69, 9.17) is 16.2 Å². The van der Waals surface area contributed by atoms with Crippen molar-refractivity contribution in [1.29, 1.82) is 0 Å². The van der Waals surface area contributed by atoms with Crippen LogP contribution >= 0.6 is 0 Å². The Morgan fingerprint density at radius 1 is 0.759 bits per heavy atom. The monoisotopic (exact) mass is 807 g/mol. The Morgan fingerprint density at radius 3 is 1.83 bits per heavy atom. The van der Waals surface area contributed by atoms with E-state index in [2.05, 4.69) is 46.5 Å². The van der Waals surface area contributed by atoms with Crippen molar-refractivity contribution in [3.8, 4) is 0 Å². The molecule has 0 saturated carbocycles. The Hall–Kier alpha value is -5.78. The molecule has 58 heavy (non-hydrogen) atoms. The number of amides is 6. The van der Waals surface area contributed by atoms with E-state index in [1.165, 1.54) is 25.0 Å². The number of benzene rings is 1. The molecule has 2 aromatic heterocycles. The highest BCUT2D eigenvalue weighted by atomic mass is 16.6. The van der Waals surface area contributed by atoms with Crippen LogP contribution in [0.15, 0.2) is 55.4 Å². The van der Waals surface area contributed by atoms with Gasteiger partial charge in [0, 0.05) is 61.5 Å². The summed E-state index contributed by atoms with van der Waals surface area (Å²) >= 11 is 0. The number of hydrogen-bond donors (Lipinski definition) is 9. The summed E-state index contributed by atoms with van der Waals surface area (Å²) in [5.74, 6) is -3.38. The highest BCUT2D eigenvalue weighted by Gasteiger charge is 2.34. The van der Waals surface area contributed by atoms with Crippen LogP contribution in [0.2, 0.25) is 0 Å². The highest BCUT2D eigenvalue weighted by molar-refractivity contribution is 5.93.